The molecule has 0 spiro atoms. The van der Waals surface area contributed by atoms with Gasteiger partial charge in [-0.1, -0.05) is 18.2 Å². The second-order valence-electron chi connectivity index (χ2n) is 3.48. The van der Waals surface area contributed by atoms with Gasteiger partial charge in [-0.2, -0.15) is 0 Å². The van der Waals surface area contributed by atoms with Crippen LogP contribution in [-0.4, -0.2) is 18.7 Å². The molecule has 0 saturated heterocycles. The van der Waals surface area contributed by atoms with Crippen LogP contribution in [0.5, 0.6) is 5.75 Å². The Morgan fingerprint density at radius 3 is 3.12 bits per heavy atom. The molecule has 0 bridgehead atoms. The first-order valence-electron chi connectivity index (χ1n) is 4.93. The van der Waals surface area contributed by atoms with Gasteiger partial charge in [-0.05, 0) is 28.1 Å². The van der Waals surface area contributed by atoms with E-state index in [-0.39, 0.29) is 18.7 Å². The Hall–Kier alpha value is -1.29. The van der Waals surface area contributed by atoms with Crippen molar-refractivity contribution in [3.8, 4) is 5.75 Å². The zero-order valence-corrected chi connectivity index (χ0v) is 10.4. The first-order chi connectivity index (χ1) is 7.66. The van der Waals surface area contributed by atoms with Gasteiger partial charge in [0.1, 0.15) is 12.4 Å². The van der Waals surface area contributed by atoms with Crippen LogP contribution < -0.4 is 4.74 Å². The van der Waals surface area contributed by atoms with E-state index in [2.05, 4.69) is 15.9 Å². The predicted octanol–water partition coefficient (Wildman–Crippen LogP) is 2.79. The molecule has 0 saturated carbocycles. The topological polar surface area (TPSA) is 35.5 Å². The smallest absolute Gasteiger partial charge is 0.302 e. The van der Waals surface area contributed by atoms with Crippen molar-refractivity contribution in [2.45, 2.75) is 13.0 Å². The van der Waals surface area contributed by atoms with Gasteiger partial charge >= 0.3 is 5.97 Å². The third kappa shape index (κ3) is 2.44. The Kier molecular flexibility index (Phi) is 3.29. The molecule has 0 unspecified atom stereocenters. The third-order valence-corrected chi connectivity index (χ3v) is 2.83. The van der Waals surface area contributed by atoms with E-state index in [4.69, 9.17) is 9.47 Å². The van der Waals surface area contributed by atoms with Crippen LogP contribution in [0.4, 0.5) is 0 Å². The zero-order chi connectivity index (χ0) is 11.5. The van der Waals surface area contributed by atoms with Gasteiger partial charge in [0.05, 0.1) is 4.47 Å². The number of carbonyl (C=O) groups excluding carboxylic acids is 1. The molecule has 3 nitrogen and oxygen atoms in total. The molecule has 1 aliphatic heterocycles. The fraction of sp³-hybridized carbons (Fsp3) is 0.250. The van der Waals surface area contributed by atoms with E-state index in [1.54, 1.807) is 0 Å². The van der Waals surface area contributed by atoms with Crippen LogP contribution in [0.25, 0.3) is 6.08 Å². The second-order valence-corrected chi connectivity index (χ2v) is 4.33. The Morgan fingerprint density at radius 1 is 1.56 bits per heavy atom. The number of hydrogen-bond acceptors (Lipinski definition) is 3. The maximum atomic E-state index is 10.7. The van der Waals surface area contributed by atoms with Crippen molar-refractivity contribution in [3.63, 3.8) is 0 Å². The number of hydrogen-bond donors (Lipinski definition) is 0. The first-order valence-corrected chi connectivity index (χ1v) is 5.73. The molecule has 0 radical (unpaired) electrons. The Labute approximate surface area is 102 Å². The van der Waals surface area contributed by atoms with Crippen molar-refractivity contribution in [1.82, 2.24) is 0 Å². The van der Waals surface area contributed by atoms with Gasteiger partial charge in [0.2, 0.25) is 0 Å². The Bertz CT molecular complexity index is 440. The second kappa shape index (κ2) is 4.70. The average Bonchev–Trinajstić information content (AvgIpc) is 2.27. The largest absolute Gasteiger partial charge is 0.481 e. The zero-order valence-electron chi connectivity index (χ0n) is 8.77. The van der Waals surface area contributed by atoms with E-state index in [0.717, 1.165) is 15.8 Å². The van der Waals surface area contributed by atoms with Crippen LogP contribution in [0.3, 0.4) is 0 Å². The molecule has 1 aromatic carbocycles. The van der Waals surface area contributed by atoms with Crippen molar-refractivity contribution in [3.05, 3.63) is 34.3 Å². The summed E-state index contributed by atoms with van der Waals surface area (Å²) < 4.78 is 11.5. The minimum absolute atomic E-state index is 0.213. The number of fused-ring (bicyclic) bond motifs is 1. The monoisotopic (exact) mass is 282 g/mol. The Morgan fingerprint density at radius 2 is 2.38 bits per heavy atom. The summed E-state index contributed by atoms with van der Waals surface area (Å²) in [6.07, 6.45) is 3.64. The summed E-state index contributed by atoms with van der Waals surface area (Å²) in [5, 5.41) is 0. The highest BCUT2D eigenvalue weighted by Crippen LogP contribution is 2.33. The average molecular weight is 283 g/mol. The minimum Gasteiger partial charge on any atom is -0.481 e. The molecule has 2 rings (SSSR count). The summed E-state index contributed by atoms with van der Waals surface area (Å²) in [6, 6.07) is 5.84. The molecule has 0 fully saturated rings. The van der Waals surface area contributed by atoms with Crippen molar-refractivity contribution in [2.75, 3.05) is 6.61 Å². The molecule has 84 valence electrons. The number of ether oxygens (including phenoxy) is 2. The molecule has 1 aliphatic rings. The van der Waals surface area contributed by atoms with Crippen LogP contribution >= 0.6 is 15.9 Å². The molecule has 0 aromatic heterocycles. The van der Waals surface area contributed by atoms with Crippen LogP contribution in [0.2, 0.25) is 0 Å². The SMILES string of the molecule is CC(=O)OC[C@H]1C=Cc2cccc(Br)c2O1. The molecule has 0 amide bonds. The highest BCUT2D eigenvalue weighted by atomic mass is 79.9. The fourth-order valence-corrected chi connectivity index (χ4v) is 1.95. The van der Waals surface area contributed by atoms with E-state index in [0.29, 0.717) is 0 Å². The van der Waals surface area contributed by atoms with Crippen LogP contribution in [0, 0.1) is 0 Å². The Balaban J connectivity index is 2.11. The lowest BCUT2D eigenvalue weighted by Gasteiger charge is -2.21. The standard InChI is InChI=1S/C12H11BrO3/c1-8(14)15-7-10-6-5-9-3-2-4-11(13)12(9)16-10/h2-6,10H,7H2,1H3/t10-/m1/s1. The minimum atomic E-state index is -0.296. The quantitative estimate of drug-likeness (QED) is 0.783. The first kappa shape index (κ1) is 11.2. The van der Waals surface area contributed by atoms with Crippen LogP contribution in [0.15, 0.2) is 28.7 Å². The highest BCUT2D eigenvalue weighted by molar-refractivity contribution is 9.10. The number of halogens is 1. The van der Waals surface area contributed by atoms with E-state index in [9.17, 15) is 4.79 Å². The number of para-hydroxylation sites is 1. The summed E-state index contributed by atoms with van der Waals surface area (Å²) in [7, 11) is 0. The lowest BCUT2D eigenvalue weighted by atomic mass is 10.1. The maximum absolute atomic E-state index is 10.7. The molecular weight excluding hydrogens is 272 g/mol. The summed E-state index contributed by atoms with van der Waals surface area (Å²) in [5.41, 5.74) is 1.02. The van der Waals surface area contributed by atoms with Crippen molar-refractivity contribution >= 4 is 28.0 Å². The van der Waals surface area contributed by atoms with Gasteiger partial charge in [-0.15, -0.1) is 0 Å². The number of benzene rings is 1. The third-order valence-electron chi connectivity index (χ3n) is 2.21. The van der Waals surface area contributed by atoms with E-state index < -0.39 is 0 Å². The van der Waals surface area contributed by atoms with Crippen molar-refractivity contribution in [1.29, 1.82) is 0 Å². The molecule has 16 heavy (non-hydrogen) atoms. The van der Waals surface area contributed by atoms with Crippen LogP contribution in [-0.2, 0) is 9.53 Å². The molecule has 1 atom stereocenters. The molecular formula is C12H11BrO3. The maximum Gasteiger partial charge on any atom is 0.302 e. The fourth-order valence-electron chi connectivity index (χ4n) is 1.47. The van der Waals surface area contributed by atoms with E-state index in [1.807, 2.05) is 30.4 Å². The van der Waals surface area contributed by atoms with Gasteiger partial charge in [0, 0.05) is 12.5 Å². The summed E-state index contributed by atoms with van der Waals surface area (Å²) in [6.45, 7) is 1.63. The summed E-state index contributed by atoms with van der Waals surface area (Å²) in [5.74, 6) is 0.497. The molecule has 0 aliphatic carbocycles. The van der Waals surface area contributed by atoms with Crippen molar-refractivity contribution < 1.29 is 14.3 Å². The number of carbonyl (C=O) groups is 1. The van der Waals surface area contributed by atoms with Gasteiger partial charge in [-0.3, -0.25) is 4.79 Å². The summed E-state index contributed by atoms with van der Waals surface area (Å²) in [4.78, 5) is 10.7. The van der Waals surface area contributed by atoms with E-state index in [1.165, 1.54) is 6.92 Å². The number of esters is 1. The summed E-state index contributed by atoms with van der Waals surface area (Å²) >= 11 is 3.42. The van der Waals surface area contributed by atoms with Gasteiger partial charge in [0.25, 0.3) is 0 Å². The molecule has 4 heteroatoms. The normalized spacial score (nSPS) is 17.5. The lowest BCUT2D eigenvalue weighted by molar-refractivity contribution is -0.142. The lowest BCUT2D eigenvalue weighted by Crippen LogP contribution is -2.24. The van der Waals surface area contributed by atoms with Gasteiger partial charge in [0.15, 0.2) is 6.10 Å². The van der Waals surface area contributed by atoms with Gasteiger partial charge < -0.3 is 9.47 Å². The van der Waals surface area contributed by atoms with Crippen LogP contribution in [0.1, 0.15) is 12.5 Å². The molecule has 1 aromatic rings. The predicted molar refractivity (Wildman–Crippen MR) is 64.2 cm³/mol. The van der Waals surface area contributed by atoms with Crippen molar-refractivity contribution in [2.24, 2.45) is 0 Å². The van der Waals surface area contributed by atoms with E-state index >= 15 is 0 Å². The molecule has 0 N–H and O–H groups in total. The molecule has 1 heterocycles. The number of rotatable bonds is 2. The van der Waals surface area contributed by atoms with Gasteiger partial charge in [-0.25, -0.2) is 0 Å². The highest BCUT2D eigenvalue weighted by Gasteiger charge is 2.17.